The van der Waals surface area contributed by atoms with Crippen molar-refractivity contribution in [1.29, 1.82) is 5.41 Å². The lowest BCUT2D eigenvalue weighted by atomic mass is 10.0. The summed E-state index contributed by atoms with van der Waals surface area (Å²) in [5.74, 6) is 0.00304. The summed E-state index contributed by atoms with van der Waals surface area (Å²) in [4.78, 5) is 6.27. The molecule has 25 heavy (non-hydrogen) atoms. The van der Waals surface area contributed by atoms with Crippen LogP contribution in [0.15, 0.2) is 62.8 Å². The third kappa shape index (κ3) is 3.68. The first-order valence-corrected chi connectivity index (χ1v) is 10.7. The van der Waals surface area contributed by atoms with Crippen molar-refractivity contribution in [2.75, 3.05) is 6.26 Å². The number of aryl methyl sites for hydroxylation is 1. The second kappa shape index (κ2) is 7.51. The zero-order valence-electron chi connectivity index (χ0n) is 13.8. The second-order valence-electron chi connectivity index (χ2n) is 5.37. The number of thioether (sulfide) groups is 1. The highest BCUT2D eigenvalue weighted by Crippen LogP contribution is 2.35. The van der Waals surface area contributed by atoms with E-state index in [0.717, 1.165) is 25.8 Å². The Morgan fingerprint density at radius 3 is 2.80 bits per heavy atom. The molecule has 128 valence electrons. The van der Waals surface area contributed by atoms with Gasteiger partial charge in [-0.25, -0.2) is 4.21 Å². The molecule has 3 rings (SSSR count). The van der Waals surface area contributed by atoms with Gasteiger partial charge in [-0.05, 0) is 48.6 Å². The zero-order chi connectivity index (χ0) is 18.0. The quantitative estimate of drug-likeness (QED) is 0.389. The van der Waals surface area contributed by atoms with Crippen LogP contribution in [0.1, 0.15) is 10.4 Å². The van der Waals surface area contributed by atoms with Gasteiger partial charge in [0.1, 0.15) is 5.84 Å². The Kier molecular flexibility index (Phi) is 5.36. The van der Waals surface area contributed by atoms with E-state index in [4.69, 9.17) is 11.1 Å². The Balaban J connectivity index is 2.03. The monoisotopic (exact) mass is 387 g/mol. The van der Waals surface area contributed by atoms with Crippen molar-refractivity contribution in [2.45, 2.75) is 20.9 Å². The van der Waals surface area contributed by atoms with Crippen molar-refractivity contribution in [3.63, 3.8) is 0 Å². The van der Waals surface area contributed by atoms with Crippen LogP contribution >= 0.6 is 23.1 Å². The summed E-state index contributed by atoms with van der Waals surface area (Å²) in [6.07, 6.45) is 5.52. The van der Waals surface area contributed by atoms with Gasteiger partial charge < -0.3 is 5.73 Å². The van der Waals surface area contributed by atoms with Crippen molar-refractivity contribution < 1.29 is 4.21 Å². The number of nitrogens with two attached hydrogens (primary N) is 1. The molecular formula is C18H17N3OS3. The number of pyridine rings is 1. The molecule has 0 aliphatic rings. The molecule has 0 bridgehead atoms. The third-order valence-corrected chi connectivity index (χ3v) is 7.68. The molecular weight excluding hydrogens is 370 g/mol. The van der Waals surface area contributed by atoms with Crippen LogP contribution < -0.4 is 5.73 Å². The topological polar surface area (TPSA) is 79.8 Å². The summed E-state index contributed by atoms with van der Waals surface area (Å²) in [6.45, 7) is 2.03. The van der Waals surface area contributed by atoms with E-state index in [1.807, 2.05) is 49.7 Å². The Hall–Kier alpha value is -1.96. The minimum Gasteiger partial charge on any atom is -0.383 e. The Bertz CT molecular complexity index is 966. The highest BCUT2D eigenvalue weighted by Gasteiger charge is 2.18. The molecule has 0 radical (unpaired) electrons. The minimum absolute atomic E-state index is 0.00304. The van der Waals surface area contributed by atoms with Crippen LogP contribution in [0.5, 0.6) is 0 Å². The number of hydrogen-bond donors (Lipinski definition) is 2. The molecule has 0 aliphatic heterocycles. The number of aromatic nitrogens is 1. The molecule has 1 unspecified atom stereocenters. The van der Waals surface area contributed by atoms with Crippen LogP contribution in [0.25, 0.3) is 11.1 Å². The number of amidine groups is 1. The average molecular weight is 388 g/mol. The predicted molar refractivity (Wildman–Crippen MR) is 106 cm³/mol. The fourth-order valence-electron chi connectivity index (χ4n) is 2.43. The van der Waals surface area contributed by atoms with Crippen LogP contribution in [-0.4, -0.2) is 21.3 Å². The van der Waals surface area contributed by atoms with Crippen molar-refractivity contribution in [2.24, 2.45) is 5.73 Å². The normalized spacial score (nSPS) is 12.1. The molecule has 0 saturated heterocycles. The number of nitrogens with one attached hydrogen (secondary N) is 1. The number of nitrogen functional groups attached to an aromatic ring is 1. The number of rotatable bonds is 5. The molecule has 0 fully saturated rings. The standard InChI is InChI=1S/C18H17N3OS3/c1-11-6-7-21-10-14(11)12-4-3-5-13(8-12)25(22)16-9-15(17(19)20)24-18(16)23-2/h3-10H,1-2H3,(H3,19,20). The fraction of sp³-hybridized carbons (Fsp3) is 0.111. The maximum Gasteiger partial charge on any atom is 0.133 e. The lowest BCUT2D eigenvalue weighted by Gasteiger charge is -2.08. The summed E-state index contributed by atoms with van der Waals surface area (Å²) in [5, 5.41) is 7.61. The van der Waals surface area contributed by atoms with Gasteiger partial charge in [0.15, 0.2) is 0 Å². The maximum absolute atomic E-state index is 13.1. The van der Waals surface area contributed by atoms with Gasteiger partial charge in [0, 0.05) is 22.9 Å². The van der Waals surface area contributed by atoms with Gasteiger partial charge in [-0.1, -0.05) is 12.1 Å². The zero-order valence-corrected chi connectivity index (χ0v) is 16.2. The van der Waals surface area contributed by atoms with Gasteiger partial charge in [0.05, 0.1) is 24.8 Å². The highest BCUT2D eigenvalue weighted by atomic mass is 32.2. The number of nitrogens with zero attached hydrogens (tertiary/aromatic N) is 1. The van der Waals surface area contributed by atoms with Gasteiger partial charge in [0.25, 0.3) is 0 Å². The van der Waals surface area contributed by atoms with Gasteiger partial charge in [-0.15, -0.1) is 23.1 Å². The number of thiophene rings is 1. The summed E-state index contributed by atoms with van der Waals surface area (Å²) in [7, 11) is -1.33. The molecule has 7 heteroatoms. The second-order valence-corrected chi connectivity index (χ2v) is 8.94. The van der Waals surface area contributed by atoms with E-state index in [-0.39, 0.29) is 5.84 Å². The van der Waals surface area contributed by atoms with Crippen LogP contribution in [0.3, 0.4) is 0 Å². The summed E-state index contributed by atoms with van der Waals surface area (Å²) < 4.78 is 14.0. The van der Waals surface area contributed by atoms with Crippen LogP contribution in [-0.2, 0) is 10.8 Å². The van der Waals surface area contributed by atoms with E-state index in [1.165, 1.54) is 23.1 Å². The molecule has 2 aromatic heterocycles. The van der Waals surface area contributed by atoms with Crippen LogP contribution in [0.2, 0.25) is 0 Å². The smallest absolute Gasteiger partial charge is 0.133 e. The van der Waals surface area contributed by atoms with Gasteiger partial charge in [0.2, 0.25) is 0 Å². The first-order valence-electron chi connectivity index (χ1n) is 7.46. The van der Waals surface area contributed by atoms with Crippen molar-refractivity contribution in [3.8, 4) is 11.1 Å². The summed E-state index contributed by atoms with van der Waals surface area (Å²) in [6, 6.07) is 11.4. The highest BCUT2D eigenvalue weighted by molar-refractivity contribution is 8.01. The summed E-state index contributed by atoms with van der Waals surface area (Å²) in [5.41, 5.74) is 8.73. The SMILES string of the molecule is CSc1sc(C(=N)N)cc1S(=O)c1cccc(-c2cnccc2C)c1. The van der Waals surface area contributed by atoms with Gasteiger partial charge in [-0.2, -0.15) is 0 Å². The summed E-state index contributed by atoms with van der Waals surface area (Å²) >= 11 is 2.93. The van der Waals surface area contributed by atoms with Gasteiger partial charge in [-0.3, -0.25) is 10.4 Å². The maximum atomic E-state index is 13.1. The lowest BCUT2D eigenvalue weighted by molar-refractivity contribution is 0.682. The minimum atomic E-state index is -1.33. The first-order chi connectivity index (χ1) is 12.0. The van der Waals surface area contributed by atoms with Crippen LogP contribution in [0.4, 0.5) is 0 Å². The van der Waals surface area contributed by atoms with E-state index in [0.29, 0.717) is 9.77 Å². The van der Waals surface area contributed by atoms with Gasteiger partial charge >= 0.3 is 0 Å². The molecule has 0 aliphatic carbocycles. The van der Waals surface area contributed by atoms with E-state index in [1.54, 1.807) is 12.3 Å². The van der Waals surface area contributed by atoms with E-state index >= 15 is 0 Å². The van der Waals surface area contributed by atoms with Crippen molar-refractivity contribution in [1.82, 2.24) is 4.98 Å². The first kappa shape index (κ1) is 17.8. The Morgan fingerprint density at radius 1 is 1.32 bits per heavy atom. The van der Waals surface area contributed by atoms with E-state index < -0.39 is 10.8 Å². The Labute approximate surface area is 157 Å². The third-order valence-electron chi connectivity index (χ3n) is 3.71. The molecule has 3 N–H and O–H groups in total. The van der Waals surface area contributed by atoms with Crippen LogP contribution in [0, 0.1) is 12.3 Å². The molecule has 3 aromatic rings. The predicted octanol–water partition coefficient (Wildman–Crippen LogP) is 4.29. The fourth-order valence-corrected chi connectivity index (χ4v) is 5.91. The van der Waals surface area contributed by atoms with E-state index in [2.05, 4.69) is 4.98 Å². The lowest BCUT2D eigenvalue weighted by Crippen LogP contribution is -2.08. The molecule has 1 aromatic carbocycles. The number of hydrogen-bond acceptors (Lipinski definition) is 5. The largest absolute Gasteiger partial charge is 0.383 e. The molecule has 0 amide bonds. The Morgan fingerprint density at radius 2 is 2.12 bits per heavy atom. The van der Waals surface area contributed by atoms with Crippen molar-refractivity contribution in [3.05, 3.63) is 59.2 Å². The molecule has 4 nitrogen and oxygen atoms in total. The number of benzene rings is 1. The molecule has 2 heterocycles. The molecule has 0 spiro atoms. The molecule has 1 atom stereocenters. The molecule has 0 saturated carbocycles. The van der Waals surface area contributed by atoms with E-state index in [9.17, 15) is 4.21 Å². The average Bonchev–Trinajstić information content (AvgIpc) is 3.06. The van der Waals surface area contributed by atoms with Crippen molar-refractivity contribution >= 4 is 39.7 Å².